The van der Waals surface area contributed by atoms with Gasteiger partial charge in [-0.05, 0) is 6.42 Å². The number of hydrogen-bond donors (Lipinski definition) is 1. The van der Waals surface area contributed by atoms with Gasteiger partial charge in [-0.3, -0.25) is 0 Å². The molecule has 98 valence electrons. The summed E-state index contributed by atoms with van der Waals surface area (Å²) >= 11 is 0. The smallest absolute Gasteiger partial charge is 0.109 e. The molecule has 0 saturated heterocycles. The summed E-state index contributed by atoms with van der Waals surface area (Å²) < 4.78 is 2.03. The minimum Gasteiger partial charge on any atom is -0.322 e. The molecule has 0 unspecified atom stereocenters. The van der Waals surface area contributed by atoms with Crippen molar-refractivity contribution in [1.29, 1.82) is 0 Å². The van der Waals surface area contributed by atoms with Gasteiger partial charge < -0.3 is 10.3 Å². The van der Waals surface area contributed by atoms with Crippen LogP contribution < -0.4 is 5.73 Å². The van der Waals surface area contributed by atoms with E-state index in [-0.39, 0.29) is 0 Å². The molecule has 2 N–H and O–H groups in total. The predicted octanol–water partition coefficient (Wildman–Crippen LogP) is 3.48. The molecule has 0 bridgehead atoms. The molecule has 0 atom stereocenters. The van der Waals surface area contributed by atoms with Crippen molar-refractivity contribution in [1.82, 2.24) is 9.55 Å². The van der Waals surface area contributed by atoms with E-state index >= 15 is 0 Å². The monoisotopic (exact) mass is 237 g/mol. The van der Waals surface area contributed by atoms with E-state index < -0.39 is 0 Å². The first-order valence-electron chi connectivity index (χ1n) is 7.08. The van der Waals surface area contributed by atoms with Crippen LogP contribution in [0.2, 0.25) is 0 Å². The first kappa shape index (κ1) is 14.2. The van der Waals surface area contributed by atoms with Crippen LogP contribution in [-0.4, -0.2) is 9.55 Å². The quantitative estimate of drug-likeness (QED) is 0.633. The molecule has 0 spiro atoms. The molecule has 0 radical (unpaired) electrons. The molecule has 0 aromatic carbocycles. The lowest BCUT2D eigenvalue weighted by atomic mass is 10.1. The summed E-state index contributed by atoms with van der Waals surface area (Å²) in [6.07, 6.45) is 15.7. The Balaban J connectivity index is 1.97. The van der Waals surface area contributed by atoms with Crippen molar-refractivity contribution in [3.05, 3.63) is 18.2 Å². The van der Waals surface area contributed by atoms with Crippen molar-refractivity contribution in [3.8, 4) is 0 Å². The van der Waals surface area contributed by atoms with Crippen LogP contribution in [0.4, 0.5) is 0 Å². The van der Waals surface area contributed by atoms with Crippen LogP contribution in [0.1, 0.15) is 64.1 Å². The van der Waals surface area contributed by atoms with Gasteiger partial charge in [-0.1, -0.05) is 51.9 Å². The van der Waals surface area contributed by atoms with E-state index in [0.29, 0.717) is 6.67 Å². The second-order valence-electron chi connectivity index (χ2n) is 4.72. The molecule has 0 aliphatic rings. The zero-order valence-electron chi connectivity index (χ0n) is 11.2. The average Bonchev–Trinajstić information content (AvgIpc) is 2.80. The van der Waals surface area contributed by atoms with E-state index in [1.165, 1.54) is 51.4 Å². The number of hydrogen-bond acceptors (Lipinski definition) is 2. The lowest BCUT2D eigenvalue weighted by molar-refractivity contribution is 0.564. The van der Waals surface area contributed by atoms with Crippen LogP contribution in [0.15, 0.2) is 12.4 Å². The maximum Gasteiger partial charge on any atom is 0.109 e. The minimum atomic E-state index is 0.548. The van der Waals surface area contributed by atoms with Gasteiger partial charge in [0, 0.05) is 18.8 Å². The highest BCUT2D eigenvalue weighted by Gasteiger charge is 2.00. The standard InChI is InChI=1S/C14H27N3/c1-2-3-4-5-6-7-8-9-10-14-16-11-12-17(14)13-15/h11-12H,2-10,13,15H2,1H3. The molecule has 0 aliphatic heterocycles. The predicted molar refractivity (Wildman–Crippen MR) is 72.7 cm³/mol. The molecule has 0 saturated carbocycles. The van der Waals surface area contributed by atoms with Gasteiger partial charge in [-0.15, -0.1) is 0 Å². The summed E-state index contributed by atoms with van der Waals surface area (Å²) in [6, 6.07) is 0. The SMILES string of the molecule is CCCCCCCCCCc1nccn1CN. The maximum absolute atomic E-state index is 5.62. The molecular formula is C14H27N3. The lowest BCUT2D eigenvalue weighted by Gasteiger charge is -2.04. The summed E-state index contributed by atoms with van der Waals surface area (Å²) in [5.41, 5.74) is 5.62. The van der Waals surface area contributed by atoms with Crippen molar-refractivity contribution >= 4 is 0 Å². The molecule has 0 aliphatic carbocycles. The Kier molecular flexibility index (Phi) is 7.72. The maximum atomic E-state index is 5.62. The van der Waals surface area contributed by atoms with E-state index in [9.17, 15) is 0 Å². The number of imidazole rings is 1. The van der Waals surface area contributed by atoms with Gasteiger partial charge in [0.05, 0.1) is 6.67 Å². The lowest BCUT2D eigenvalue weighted by Crippen LogP contribution is -2.09. The Labute approximate surface area is 105 Å². The van der Waals surface area contributed by atoms with Gasteiger partial charge in [-0.2, -0.15) is 0 Å². The number of rotatable bonds is 10. The highest BCUT2D eigenvalue weighted by atomic mass is 15.1. The topological polar surface area (TPSA) is 43.8 Å². The highest BCUT2D eigenvalue weighted by Crippen LogP contribution is 2.10. The summed E-state index contributed by atoms with van der Waals surface area (Å²) in [5.74, 6) is 1.14. The van der Waals surface area contributed by atoms with Crippen LogP contribution in [-0.2, 0) is 13.1 Å². The number of nitrogens with zero attached hydrogens (tertiary/aromatic N) is 2. The van der Waals surface area contributed by atoms with E-state index in [1.807, 2.05) is 17.0 Å². The molecule has 0 amide bonds. The number of unbranched alkanes of at least 4 members (excludes halogenated alkanes) is 7. The third-order valence-corrected chi connectivity index (χ3v) is 3.25. The van der Waals surface area contributed by atoms with Gasteiger partial charge in [0.2, 0.25) is 0 Å². The van der Waals surface area contributed by atoms with Crippen LogP contribution in [0, 0.1) is 0 Å². The molecule has 3 nitrogen and oxygen atoms in total. The third kappa shape index (κ3) is 5.87. The minimum absolute atomic E-state index is 0.548. The molecule has 0 fully saturated rings. The number of aromatic nitrogens is 2. The third-order valence-electron chi connectivity index (χ3n) is 3.25. The molecule has 1 aromatic rings. The molecular weight excluding hydrogens is 210 g/mol. The van der Waals surface area contributed by atoms with Crippen LogP contribution in [0.3, 0.4) is 0 Å². The van der Waals surface area contributed by atoms with Gasteiger partial charge in [0.15, 0.2) is 0 Å². The summed E-state index contributed by atoms with van der Waals surface area (Å²) in [5, 5.41) is 0. The fourth-order valence-corrected chi connectivity index (χ4v) is 2.15. The summed E-state index contributed by atoms with van der Waals surface area (Å²) in [4.78, 5) is 4.33. The zero-order chi connectivity index (χ0) is 12.3. The Morgan fingerprint density at radius 1 is 1.06 bits per heavy atom. The van der Waals surface area contributed by atoms with Gasteiger partial charge in [0.25, 0.3) is 0 Å². The summed E-state index contributed by atoms with van der Waals surface area (Å²) in [7, 11) is 0. The van der Waals surface area contributed by atoms with Crippen LogP contribution >= 0.6 is 0 Å². The van der Waals surface area contributed by atoms with Crippen molar-refractivity contribution in [2.75, 3.05) is 0 Å². The fourth-order valence-electron chi connectivity index (χ4n) is 2.15. The van der Waals surface area contributed by atoms with E-state index in [4.69, 9.17) is 5.73 Å². The van der Waals surface area contributed by atoms with E-state index in [2.05, 4.69) is 11.9 Å². The molecule has 17 heavy (non-hydrogen) atoms. The largest absolute Gasteiger partial charge is 0.322 e. The highest BCUT2D eigenvalue weighted by molar-refractivity contribution is 4.91. The molecule has 1 heterocycles. The second kappa shape index (κ2) is 9.23. The molecule has 1 aromatic heterocycles. The number of aryl methyl sites for hydroxylation is 1. The van der Waals surface area contributed by atoms with Crippen molar-refractivity contribution < 1.29 is 0 Å². The second-order valence-corrected chi connectivity index (χ2v) is 4.72. The van der Waals surface area contributed by atoms with Gasteiger partial charge in [-0.25, -0.2) is 4.98 Å². The van der Waals surface area contributed by atoms with E-state index in [0.717, 1.165) is 12.2 Å². The Morgan fingerprint density at radius 2 is 1.71 bits per heavy atom. The van der Waals surface area contributed by atoms with Crippen molar-refractivity contribution in [2.45, 2.75) is 71.4 Å². The van der Waals surface area contributed by atoms with Crippen molar-refractivity contribution in [2.24, 2.45) is 5.73 Å². The summed E-state index contributed by atoms with van der Waals surface area (Å²) in [6.45, 7) is 2.81. The Bertz CT molecular complexity index is 281. The molecule has 1 rings (SSSR count). The fraction of sp³-hybridized carbons (Fsp3) is 0.786. The van der Waals surface area contributed by atoms with Crippen molar-refractivity contribution in [3.63, 3.8) is 0 Å². The average molecular weight is 237 g/mol. The normalized spacial score (nSPS) is 10.9. The molecule has 3 heteroatoms. The van der Waals surface area contributed by atoms with Gasteiger partial charge >= 0.3 is 0 Å². The Morgan fingerprint density at radius 3 is 2.35 bits per heavy atom. The Hall–Kier alpha value is -0.830. The van der Waals surface area contributed by atoms with E-state index in [1.54, 1.807) is 0 Å². The first-order chi connectivity index (χ1) is 8.38. The van der Waals surface area contributed by atoms with Crippen LogP contribution in [0.25, 0.3) is 0 Å². The van der Waals surface area contributed by atoms with Crippen LogP contribution in [0.5, 0.6) is 0 Å². The van der Waals surface area contributed by atoms with Gasteiger partial charge in [0.1, 0.15) is 5.82 Å². The number of nitrogens with two attached hydrogens (primary N) is 1. The zero-order valence-corrected chi connectivity index (χ0v) is 11.2. The first-order valence-corrected chi connectivity index (χ1v) is 7.08.